The maximum atomic E-state index is 12.0. The number of halogens is 1. The Morgan fingerprint density at radius 3 is 2.48 bits per heavy atom. The number of rotatable bonds is 6. The van der Waals surface area contributed by atoms with E-state index in [1.54, 1.807) is 26.4 Å². The molecule has 8 heteroatoms. The molecule has 3 rings (SSSR count). The van der Waals surface area contributed by atoms with E-state index in [0.29, 0.717) is 30.4 Å². The number of benzene rings is 2. The number of hydrogen-bond donors (Lipinski definition) is 2. The van der Waals surface area contributed by atoms with Crippen molar-refractivity contribution in [3.05, 3.63) is 48.0 Å². The number of hydrogen-bond acceptors (Lipinski definition) is 4. The second-order valence-electron chi connectivity index (χ2n) is 6.57. The molecule has 1 heterocycles. The fourth-order valence-corrected chi connectivity index (χ4v) is 3.14. The lowest BCUT2D eigenvalue weighted by molar-refractivity contribution is -0.119. The number of nitrogens with one attached hydrogen (secondary N) is 1. The van der Waals surface area contributed by atoms with Crippen LogP contribution in [0.1, 0.15) is 24.8 Å². The molecule has 2 aromatic rings. The predicted octanol–water partition coefficient (Wildman–Crippen LogP) is 3.77. The molecular formula is C21H27IN4O3. The molecule has 1 aliphatic heterocycles. The van der Waals surface area contributed by atoms with Gasteiger partial charge in [-0.3, -0.25) is 4.79 Å². The molecule has 7 nitrogen and oxygen atoms in total. The van der Waals surface area contributed by atoms with E-state index in [0.717, 1.165) is 36.3 Å². The summed E-state index contributed by atoms with van der Waals surface area (Å²) in [6.45, 7) is 1.23. The summed E-state index contributed by atoms with van der Waals surface area (Å²) >= 11 is 0. The molecule has 0 aliphatic carbocycles. The quantitative estimate of drug-likeness (QED) is 0.351. The maximum Gasteiger partial charge on any atom is 0.226 e. The molecule has 0 spiro atoms. The second-order valence-corrected chi connectivity index (χ2v) is 6.57. The minimum atomic E-state index is 0. The summed E-state index contributed by atoms with van der Waals surface area (Å²) < 4.78 is 10.5. The maximum absolute atomic E-state index is 12.0. The zero-order valence-corrected chi connectivity index (χ0v) is 19.0. The Bertz CT molecular complexity index is 856. The molecule has 29 heavy (non-hydrogen) atoms. The highest BCUT2D eigenvalue weighted by molar-refractivity contribution is 14.0. The zero-order chi connectivity index (χ0) is 19.9. The summed E-state index contributed by atoms with van der Waals surface area (Å²) in [6, 6.07) is 13.3. The molecule has 1 fully saturated rings. The summed E-state index contributed by atoms with van der Waals surface area (Å²) in [4.78, 5) is 18.2. The third-order valence-corrected chi connectivity index (χ3v) is 4.66. The number of nitrogens with zero attached hydrogens (tertiary/aromatic N) is 2. The van der Waals surface area contributed by atoms with Gasteiger partial charge in [0.2, 0.25) is 5.91 Å². The van der Waals surface area contributed by atoms with Gasteiger partial charge in [-0.1, -0.05) is 12.1 Å². The van der Waals surface area contributed by atoms with Crippen LogP contribution in [-0.4, -0.2) is 32.6 Å². The van der Waals surface area contributed by atoms with Gasteiger partial charge in [-0.15, -0.1) is 24.0 Å². The van der Waals surface area contributed by atoms with Gasteiger partial charge in [0.15, 0.2) is 17.5 Å². The van der Waals surface area contributed by atoms with Gasteiger partial charge in [0.05, 0.1) is 20.8 Å². The van der Waals surface area contributed by atoms with Crippen LogP contribution in [0, 0.1) is 0 Å². The normalized spacial score (nSPS) is 14.2. The van der Waals surface area contributed by atoms with Gasteiger partial charge in [0, 0.05) is 30.4 Å². The number of anilines is 2. The zero-order valence-electron chi connectivity index (χ0n) is 16.7. The third kappa shape index (κ3) is 5.99. The largest absolute Gasteiger partial charge is 0.493 e. The smallest absolute Gasteiger partial charge is 0.226 e. The van der Waals surface area contributed by atoms with E-state index in [1.165, 1.54) is 0 Å². The van der Waals surface area contributed by atoms with Crippen LogP contribution in [0.4, 0.5) is 11.4 Å². The molecule has 2 aromatic carbocycles. The van der Waals surface area contributed by atoms with Gasteiger partial charge in [-0.25, -0.2) is 4.99 Å². The number of guanidine groups is 1. The first-order valence-corrected chi connectivity index (χ1v) is 9.29. The molecule has 0 saturated carbocycles. The van der Waals surface area contributed by atoms with Crippen LogP contribution in [0.2, 0.25) is 0 Å². The Hall–Kier alpha value is -2.49. The number of piperidine rings is 1. The van der Waals surface area contributed by atoms with Gasteiger partial charge in [-0.2, -0.15) is 0 Å². The standard InChI is InChI=1S/C21H26N4O3.HI/c1-27-18-11-8-16(13-19(18)28-2)24-21(22)23-14-15-6-9-17(10-7-15)25-12-4-3-5-20(25)26;/h6-11,13H,3-5,12,14H2,1-2H3,(H3,22,23,24);1H. The van der Waals surface area contributed by atoms with Gasteiger partial charge in [-0.05, 0) is 42.7 Å². The van der Waals surface area contributed by atoms with E-state index in [2.05, 4.69) is 10.3 Å². The van der Waals surface area contributed by atoms with Crippen molar-refractivity contribution in [1.82, 2.24) is 0 Å². The highest BCUT2D eigenvalue weighted by atomic mass is 127. The summed E-state index contributed by atoms with van der Waals surface area (Å²) in [7, 11) is 3.17. The van der Waals surface area contributed by atoms with Crippen LogP contribution in [0.5, 0.6) is 11.5 Å². The fraction of sp³-hybridized carbons (Fsp3) is 0.333. The first-order valence-electron chi connectivity index (χ1n) is 9.29. The monoisotopic (exact) mass is 510 g/mol. The van der Waals surface area contributed by atoms with E-state index in [-0.39, 0.29) is 29.9 Å². The molecule has 156 valence electrons. The highest BCUT2D eigenvalue weighted by Gasteiger charge is 2.19. The fourth-order valence-electron chi connectivity index (χ4n) is 3.14. The molecule has 1 amide bonds. The number of carbonyl (C=O) groups excluding carboxylic acids is 1. The number of carbonyl (C=O) groups is 1. The average Bonchev–Trinajstić information content (AvgIpc) is 2.73. The van der Waals surface area contributed by atoms with E-state index in [9.17, 15) is 4.79 Å². The average molecular weight is 510 g/mol. The van der Waals surface area contributed by atoms with Gasteiger partial charge in [0.1, 0.15) is 0 Å². The molecule has 3 N–H and O–H groups in total. The van der Waals surface area contributed by atoms with Crippen LogP contribution in [0.25, 0.3) is 0 Å². The van der Waals surface area contributed by atoms with Crippen molar-refractivity contribution in [1.29, 1.82) is 0 Å². The Kier molecular flexibility index (Phi) is 8.56. The lowest BCUT2D eigenvalue weighted by atomic mass is 10.1. The van der Waals surface area contributed by atoms with Gasteiger partial charge >= 0.3 is 0 Å². The second kappa shape index (κ2) is 10.9. The summed E-state index contributed by atoms with van der Waals surface area (Å²) in [5.41, 5.74) is 8.71. The van der Waals surface area contributed by atoms with E-state index in [4.69, 9.17) is 15.2 Å². The number of aliphatic imine (C=N–C) groups is 1. The number of nitrogens with two attached hydrogens (primary N) is 1. The topological polar surface area (TPSA) is 89.2 Å². The van der Waals surface area contributed by atoms with Crippen molar-refractivity contribution in [3.63, 3.8) is 0 Å². The third-order valence-electron chi connectivity index (χ3n) is 4.66. The van der Waals surface area contributed by atoms with Crippen LogP contribution >= 0.6 is 24.0 Å². The van der Waals surface area contributed by atoms with Gasteiger partial charge < -0.3 is 25.4 Å². The Morgan fingerprint density at radius 1 is 1.10 bits per heavy atom. The minimum Gasteiger partial charge on any atom is -0.493 e. The lowest BCUT2D eigenvalue weighted by Crippen LogP contribution is -2.35. The first-order chi connectivity index (χ1) is 13.6. The van der Waals surface area contributed by atoms with E-state index >= 15 is 0 Å². The first kappa shape index (κ1) is 22.8. The molecule has 0 bridgehead atoms. The van der Waals surface area contributed by atoms with Gasteiger partial charge in [0.25, 0.3) is 0 Å². The van der Waals surface area contributed by atoms with E-state index < -0.39 is 0 Å². The summed E-state index contributed by atoms with van der Waals surface area (Å²) in [5.74, 6) is 1.77. The minimum absolute atomic E-state index is 0. The van der Waals surface area contributed by atoms with Crippen molar-refractivity contribution in [2.75, 3.05) is 31.0 Å². The molecular weight excluding hydrogens is 483 g/mol. The van der Waals surface area contributed by atoms with Crippen molar-refractivity contribution < 1.29 is 14.3 Å². The molecule has 0 unspecified atom stereocenters. The Morgan fingerprint density at radius 2 is 1.83 bits per heavy atom. The highest BCUT2D eigenvalue weighted by Crippen LogP contribution is 2.29. The van der Waals surface area contributed by atoms with Crippen LogP contribution in [0.3, 0.4) is 0 Å². The van der Waals surface area contributed by atoms with Crippen molar-refractivity contribution in [2.45, 2.75) is 25.8 Å². The summed E-state index contributed by atoms with van der Waals surface area (Å²) in [5, 5.41) is 3.05. The molecule has 1 saturated heterocycles. The SMILES string of the molecule is COc1ccc(NC(N)=NCc2ccc(N3CCCCC3=O)cc2)cc1OC.I. The van der Waals surface area contributed by atoms with Crippen LogP contribution in [-0.2, 0) is 11.3 Å². The Balaban J connectivity index is 0.00000300. The Labute approximate surface area is 188 Å². The predicted molar refractivity (Wildman–Crippen MR) is 127 cm³/mol. The molecule has 0 radical (unpaired) electrons. The van der Waals surface area contributed by atoms with E-state index in [1.807, 2.05) is 35.2 Å². The molecule has 0 aromatic heterocycles. The van der Waals surface area contributed by atoms with Crippen molar-refractivity contribution in [2.24, 2.45) is 10.7 Å². The summed E-state index contributed by atoms with van der Waals surface area (Å²) in [6.07, 6.45) is 2.66. The number of ether oxygens (including phenoxy) is 2. The number of amides is 1. The number of methoxy groups -OCH3 is 2. The van der Waals surface area contributed by atoms with Crippen LogP contribution < -0.4 is 25.4 Å². The van der Waals surface area contributed by atoms with Crippen LogP contribution in [0.15, 0.2) is 47.5 Å². The van der Waals surface area contributed by atoms with Crippen molar-refractivity contribution in [3.8, 4) is 11.5 Å². The molecule has 1 aliphatic rings. The van der Waals surface area contributed by atoms with Crippen molar-refractivity contribution >= 4 is 47.2 Å². The lowest BCUT2D eigenvalue weighted by Gasteiger charge is -2.26. The molecule has 0 atom stereocenters.